The van der Waals surface area contributed by atoms with E-state index in [2.05, 4.69) is 92.4 Å². The van der Waals surface area contributed by atoms with Crippen LogP contribution in [-0.4, -0.2) is 74.2 Å². The van der Waals surface area contributed by atoms with Gasteiger partial charge in [-0.2, -0.15) is 0 Å². The van der Waals surface area contributed by atoms with E-state index in [0.717, 1.165) is 64.5 Å². The van der Waals surface area contributed by atoms with Crippen LogP contribution in [0.25, 0.3) is 0 Å². The van der Waals surface area contributed by atoms with Crippen molar-refractivity contribution in [2.24, 2.45) is 0 Å². The molecule has 3 heterocycles. The van der Waals surface area contributed by atoms with E-state index in [-0.39, 0.29) is 11.9 Å². The first-order chi connectivity index (χ1) is 19.7. The average molecular weight is 539 g/mol. The Balaban J connectivity index is 1.00. The molecule has 2 saturated heterocycles. The van der Waals surface area contributed by atoms with E-state index in [9.17, 15) is 4.79 Å². The molecule has 0 bridgehead atoms. The zero-order valence-electron chi connectivity index (χ0n) is 23.6. The van der Waals surface area contributed by atoms with Gasteiger partial charge in [-0.3, -0.25) is 4.79 Å². The molecule has 3 aromatic rings. The average Bonchev–Trinajstić information content (AvgIpc) is 3.38. The van der Waals surface area contributed by atoms with Gasteiger partial charge in [-0.05, 0) is 73.8 Å². The van der Waals surface area contributed by atoms with Crippen LogP contribution in [-0.2, 0) is 17.8 Å². The molecule has 1 atom stereocenters. The Morgan fingerprint density at radius 2 is 1.50 bits per heavy atom. The molecule has 3 aromatic carbocycles. The molecule has 0 aliphatic carbocycles. The number of hydrogen-bond acceptors (Lipinski definition) is 5. The number of carbonyl (C=O) groups is 1. The maximum absolute atomic E-state index is 13.8. The van der Waals surface area contributed by atoms with Crippen LogP contribution < -0.4 is 14.5 Å². The summed E-state index contributed by atoms with van der Waals surface area (Å²) in [7, 11) is 0. The number of piperazine rings is 1. The second-order valence-corrected chi connectivity index (χ2v) is 11.4. The van der Waals surface area contributed by atoms with E-state index in [0.29, 0.717) is 0 Å². The second-order valence-electron chi connectivity index (χ2n) is 11.4. The highest BCUT2D eigenvalue weighted by Gasteiger charge is 2.37. The predicted molar refractivity (Wildman–Crippen MR) is 162 cm³/mol. The Hall–Kier alpha value is -3.51. The van der Waals surface area contributed by atoms with Gasteiger partial charge in [0.2, 0.25) is 5.91 Å². The number of benzene rings is 3. The molecule has 2 fully saturated rings. The highest BCUT2D eigenvalue weighted by molar-refractivity contribution is 5.88. The molecule has 0 aromatic heterocycles. The molecule has 0 saturated carbocycles. The first-order valence-electron chi connectivity index (χ1n) is 15.1. The molecule has 1 amide bonds. The quantitative estimate of drug-likeness (QED) is 0.349. The number of hydrogen-bond donors (Lipinski definition) is 0. The fourth-order valence-corrected chi connectivity index (χ4v) is 6.46. The van der Waals surface area contributed by atoms with Gasteiger partial charge in [0, 0.05) is 57.1 Å². The number of fused-ring (bicyclic) bond motifs is 1. The van der Waals surface area contributed by atoms with Crippen LogP contribution in [0.1, 0.15) is 36.8 Å². The van der Waals surface area contributed by atoms with Crippen LogP contribution in [0.2, 0.25) is 0 Å². The van der Waals surface area contributed by atoms with Crippen molar-refractivity contribution in [3.8, 4) is 5.75 Å². The maximum Gasteiger partial charge on any atom is 0.245 e. The van der Waals surface area contributed by atoms with Gasteiger partial charge in [0.05, 0.1) is 6.61 Å². The van der Waals surface area contributed by atoms with Crippen LogP contribution in [0.4, 0.5) is 11.4 Å². The van der Waals surface area contributed by atoms with Crippen LogP contribution in [0.5, 0.6) is 5.75 Å². The molecule has 40 heavy (non-hydrogen) atoms. The van der Waals surface area contributed by atoms with Crippen molar-refractivity contribution < 1.29 is 9.53 Å². The molecule has 6 nitrogen and oxygen atoms in total. The van der Waals surface area contributed by atoms with Crippen molar-refractivity contribution in [2.45, 2.75) is 44.7 Å². The third kappa shape index (κ3) is 6.28. The second kappa shape index (κ2) is 12.8. The number of amides is 1. The third-order valence-electron chi connectivity index (χ3n) is 8.70. The molecule has 0 radical (unpaired) electrons. The van der Waals surface area contributed by atoms with Gasteiger partial charge in [-0.25, -0.2) is 0 Å². The molecule has 1 unspecified atom stereocenters. The number of rotatable bonds is 9. The molecule has 0 N–H and O–H groups in total. The van der Waals surface area contributed by atoms with E-state index >= 15 is 0 Å². The normalized spacial score (nSPS) is 19.5. The summed E-state index contributed by atoms with van der Waals surface area (Å²) < 4.78 is 6.02. The molecule has 210 valence electrons. The zero-order valence-corrected chi connectivity index (χ0v) is 23.6. The van der Waals surface area contributed by atoms with Crippen molar-refractivity contribution in [2.75, 3.05) is 62.2 Å². The minimum atomic E-state index is -0.143. The van der Waals surface area contributed by atoms with Crippen LogP contribution in [0.15, 0.2) is 78.9 Å². The smallest absolute Gasteiger partial charge is 0.245 e. The SMILES string of the molecule is O=C(C1Cc2ccccc2N1Cc1ccccc1)N1CCN(c2ccc(OCCCN3CCCCC3)cc2)CC1. The van der Waals surface area contributed by atoms with Crippen molar-refractivity contribution in [1.29, 1.82) is 0 Å². The standard InChI is InChI=1S/C34H42N4O2/c39-34(33-26-29-12-5-6-13-32(29)38(33)27-28-10-3-1-4-11-28)37-23-21-36(22-24-37)30-14-16-31(17-15-30)40-25-9-20-35-18-7-2-8-19-35/h1,3-6,10-17,33H,2,7-9,18-27H2. The summed E-state index contributed by atoms with van der Waals surface area (Å²) in [6.07, 6.45) is 5.92. The van der Waals surface area contributed by atoms with E-state index in [4.69, 9.17) is 4.74 Å². The fraction of sp³-hybridized carbons (Fsp3) is 0.441. The Bertz CT molecular complexity index is 1230. The van der Waals surface area contributed by atoms with E-state index in [1.165, 1.54) is 54.9 Å². The maximum atomic E-state index is 13.8. The summed E-state index contributed by atoms with van der Waals surface area (Å²) in [5.74, 6) is 1.19. The number of piperidine rings is 1. The lowest BCUT2D eigenvalue weighted by Gasteiger charge is -2.38. The van der Waals surface area contributed by atoms with Gasteiger partial charge in [-0.15, -0.1) is 0 Å². The lowest BCUT2D eigenvalue weighted by molar-refractivity contribution is -0.132. The van der Waals surface area contributed by atoms with Crippen LogP contribution in [0, 0.1) is 0 Å². The highest BCUT2D eigenvalue weighted by Crippen LogP contribution is 2.34. The molecule has 6 rings (SSSR count). The van der Waals surface area contributed by atoms with E-state index in [1.54, 1.807) is 0 Å². The van der Waals surface area contributed by atoms with E-state index in [1.807, 2.05) is 6.07 Å². The summed E-state index contributed by atoms with van der Waals surface area (Å²) >= 11 is 0. The number of para-hydroxylation sites is 1. The molecule has 0 spiro atoms. The van der Waals surface area contributed by atoms with Gasteiger partial charge < -0.3 is 24.3 Å². The number of likely N-dealkylation sites (tertiary alicyclic amines) is 1. The number of carbonyl (C=O) groups excluding carboxylic acids is 1. The Labute approximate surface area is 239 Å². The van der Waals surface area contributed by atoms with Crippen LogP contribution >= 0.6 is 0 Å². The van der Waals surface area contributed by atoms with Gasteiger partial charge in [0.25, 0.3) is 0 Å². The summed E-state index contributed by atoms with van der Waals surface area (Å²) in [5.41, 5.74) is 4.89. The lowest BCUT2D eigenvalue weighted by Crippen LogP contribution is -2.54. The fourth-order valence-electron chi connectivity index (χ4n) is 6.46. The Morgan fingerprint density at radius 3 is 2.27 bits per heavy atom. The Morgan fingerprint density at radius 1 is 0.775 bits per heavy atom. The first kappa shape index (κ1) is 26.7. The first-order valence-corrected chi connectivity index (χ1v) is 15.1. The molecule has 3 aliphatic rings. The number of anilines is 2. The topological polar surface area (TPSA) is 39.3 Å². The van der Waals surface area contributed by atoms with Crippen LogP contribution in [0.3, 0.4) is 0 Å². The molecule has 6 heteroatoms. The summed E-state index contributed by atoms with van der Waals surface area (Å²) in [6, 6.07) is 27.3. The zero-order chi connectivity index (χ0) is 27.1. The van der Waals surface area contributed by atoms with Crippen molar-refractivity contribution in [3.05, 3.63) is 90.0 Å². The Kier molecular flexibility index (Phi) is 8.53. The monoisotopic (exact) mass is 538 g/mol. The molecule has 3 aliphatic heterocycles. The number of ether oxygens (including phenoxy) is 1. The molecular formula is C34H42N4O2. The minimum absolute atomic E-state index is 0.143. The van der Waals surface area contributed by atoms with Gasteiger partial charge in [0.15, 0.2) is 0 Å². The van der Waals surface area contributed by atoms with Crippen molar-refractivity contribution >= 4 is 17.3 Å². The minimum Gasteiger partial charge on any atom is -0.494 e. The third-order valence-corrected chi connectivity index (χ3v) is 8.70. The highest BCUT2D eigenvalue weighted by atomic mass is 16.5. The van der Waals surface area contributed by atoms with Crippen molar-refractivity contribution in [3.63, 3.8) is 0 Å². The summed E-state index contributed by atoms with van der Waals surface area (Å²) in [6.45, 7) is 8.34. The van der Waals surface area contributed by atoms with Crippen molar-refractivity contribution in [1.82, 2.24) is 9.80 Å². The van der Waals surface area contributed by atoms with Gasteiger partial charge >= 0.3 is 0 Å². The molecular weight excluding hydrogens is 496 g/mol. The van der Waals surface area contributed by atoms with Gasteiger partial charge in [0.1, 0.15) is 11.8 Å². The largest absolute Gasteiger partial charge is 0.494 e. The number of nitrogens with zero attached hydrogens (tertiary/aromatic N) is 4. The van der Waals surface area contributed by atoms with Gasteiger partial charge in [-0.1, -0.05) is 55.0 Å². The summed E-state index contributed by atoms with van der Waals surface area (Å²) in [5, 5.41) is 0. The predicted octanol–water partition coefficient (Wildman–Crippen LogP) is 5.22. The summed E-state index contributed by atoms with van der Waals surface area (Å²) in [4.78, 5) is 23.2. The lowest BCUT2D eigenvalue weighted by atomic mass is 10.1. The van der Waals surface area contributed by atoms with E-state index < -0.39 is 0 Å².